The van der Waals surface area contributed by atoms with E-state index in [-0.39, 0.29) is 0 Å². The van der Waals surface area contributed by atoms with Gasteiger partial charge in [-0.3, -0.25) is 0 Å². The molecule has 0 saturated heterocycles. The summed E-state index contributed by atoms with van der Waals surface area (Å²) in [5.74, 6) is 0.869. The van der Waals surface area contributed by atoms with E-state index < -0.39 is 0 Å². The average Bonchev–Trinajstić information content (AvgIpc) is 2.57. The zero-order chi connectivity index (χ0) is 8.65. The molecule has 1 rings (SSSR count). The minimum atomic E-state index is 0.869. The summed E-state index contributed by atoms with van der Waals surface area (Å²) in [6.07, 6.45) is 9.34. The van der Waals surface area contributed by atoms with Gasteiger partial charge in [-0.25, -0.2) is 4.98 Å². The molecular formula is C9H14BrNO. The highest BCUT2D eigenvalue weighted by atomic mass is 79.9. The lowest BCUT2D eigenvalue weighted by Crippen LogP contribution is -1.85. The molecule has 0 unspecified atom stereocenters. The molecule has 1 aromatic heterocycles. The molecule has 0 fully saturated rings. The fourth-order valence-electron chi connectivity index (χ4n) is 1.10. The number of hydrogen-bond donors (Lipinski definition) is 0. The highest BCUT2D eigenvalue weighted by molar-refractivity contribution is 9.09. The van der Waals surface area contributed by atoms with Crippen molar-refractivity contribution in [2.45, 2.75) is 32.1 Å². The summed E-state index contributed by atoms with van der Waals surface area (Å²) < 4.78 is 5.12. The molecule has 0 atom stereocenters. The Morgan fingerprint density at radius 2 is 2.08 bits per heavy atom. The smallest absolute Gasteiger partial charge is 0.193 e. The maximum absolute atomic E-state index is 5.12. The minimum absolute atomic E-state index is 0.869. The molecule has 0 saturated carbocycles. The molecule has 0 aliphatic rings. The van der Waals surface area contributed by atoms with E-state index in [0.717, 1.165) is 17.6 Å². The molecule has 0 aliphatic carbocycles. The third-order valence-corrected chi connectivity index (χ3v) is 2.32. The van der Waals surface area contributed by atoms with Crippen LogP contribution in [-0.2, 0) is 6.42 Å². The standard InChI is InChI=1S/C9H14BrNO/c10-6-4-2-1-3-5-9-11-7-8-12-9/h7-8H,1-6H2. The highest BCUT2D eigenvalue weighted by Crippen LogP contribution is 2.06. The summed E-state index contributed by atoms with van der Waals surface area (Å²) in [5, 5.41) is 1.12. The van der Waals surface area contributed by atoms with Crippen molar-refractivity contribution in [3.05, 3.63) is 18.4 Å². The number of aromatic nitrogens is 1. The summed E-state index contributed by atoms with van der Waals surface area (Å²) >= 11 is 3.41. The van der Waals surface area contributed by atoms with Crippen LogP contribution in [-0.4, -0.2) is 10.3 Å². The monoisotopic (exact) mass is 231 g/mol. The van der Waals surface area contributed by atoms with E-state index in [4.69, 9.17) is 4.42 Å². The molecule has 1 aromatic rings. The van der Waals surface area contributed by atoms with Crippen LogP contribution in [0.15, 0.2) is 16.9 Å². The second-order valence-corrected chi connectivity index (χ2v) is 3.57. The zero-order valence-corrected chi connectivity index (χ0v) is 8.72. The topological polar surface area (TPSA) is 26.0 Å². The Bertz CT molecular complexity index is 186. The van der Waals surface area contributed by atoms with Crippen LogP contribution in [0.2, 0.25) is 0 Å². The maximum atomic E-state index is 5.12. The lowest BCUT2D eigenvalue weighted by atomic mass is 10.1. The molecular weight excluding hydrogens is 218 g/mol. The minimum Gasteiger partial charge on any atom is -0.449 e. The Kier molecular flexibility index (Phi) is 5.08. The van der Waals surface area contributed by atoms with Gasteiger partial charge in [0.1, 0.15) is 6.26 Å². The number of aryl methyl sites for hydroxylation is 1. The molecule has 0 radical (unpaired) electrons. The van der Waals surface area contributed by atoms with Gasteiger partial charge in [0.2, 0.25) is 0 Å². The van der Waals surface area contributed by atoms with Crippen molar-refractivity contribution in [3.63, 3.8) is 0 Å². The first-order valence-electron chi connectivity index (χ1n) is 4.38. The predicted molar refractivity (Wildman–Crippen MR) is 52.5 cm³/mol. The van der Waals surface area contributed by atoms with Crippen LogP contribution >= 0.6 is 15.9 Å². The van der Waals surface area contributed by atoms with Crippen LogP contribution in [0.5, 0.6) is 0 Å². The number of oxazole rings is 1. The van der Waals surface area contributed by atoms with E-state index in [0.29, 0.717) is 0 Å². The first-order chi connectivity index (χ1) is 5.93. The highest BCUT2D eigenvalue weighted by Gasteiger charge is 1.96. The van der Waals surface area contributed by atoms with Crippen molar-refractivity contribution >= 4 is 15.9 Å². The van der Waals surface area contributed by atoms with Crippen molar-refractivity contribution in [1.82, 2.24) is 4.98 Å². The van der Waals surface area contributed by atoms with Crippen molar-refractivity contribution in [3.8, 4) is 0 Å². The fraction of sp³-hybridized carbons (Fsp3) is 0.667. The van der Waals surface area contributed by atoms with Gasteiger partial charge >= 0.3 is 0 Å². The Morgan fingerprint density at radius 3 is 2.75 bits per heavy atom. The lowest BCUT2D eigenvalue weighted by molar-refractivity contribution is 0.480. The first kappa shape index (κ1) is 9.78. The van der Waals surface area contributed by atoms with E-state index in [1.54, 1.807) is 12.5 Å². The number of halogens is 1. The molecule has 0 spiro atoms. The van der Waals surface area contributed by atoms with Gasteiger partial charge in [0.15, 0.2) is 5.89 Å². The zero-order valence-electron chi connectivity index (χ0n) is 7.13. The molecule has 2 nitrogen and oxygen atoms in total. The van der Waals surface area contributed by atoms with Gasteiger partial charge in [0.05, 0.1) is 6.20 Å². The summed E-state index contributed by atoms with van der Waals surface area (Å²) in [6, 6.07) is 0. The van der Waals surface area contributed by atoms with Gasteiger partial charge in [-0.1, -0.05) is 28.8 Å². The van der Waals surface area contributed by atoms with Gasteiger partial charge < -0.3 is 4.42 Å². The third-order valence-electron chi connectivity index (χ3n) is 1.76. The molecule has 0 aromatic carbocycles. The molecule has 68 valence electrons. The van der Waals surface area contributed by atoms with Crippen LogP contribution in [0.1, 0.15) is 31.6 Å². The maximum Gasteiger partial charge on any atom is 0.193 e. The average molecular weight is 232 g/mol. The van der Waals surface area contributed by atoms with Crippen molar-refractivity contribution in [1.29, 1.82) is 0 Å². The second kappa shape index (κ2) is 6.23. The van der Waals surface area contributed by atoms with Gasteiger partial charge in [-0.15, -0.1) is 0 Å². The molecule has 0 bridgehead atoms. The normalized spacial score (nSPS) is 10.4. The Balaban J connectivity index is 1.96. The van der Waals surface area contributed by atoms with Gasteiger partial charge in [0, 0.05) is 11.8 Å². The fourth-order valence-corrected chi connectivity index (χ4v) is 1.50. The van der Waals surface area contributed by atoms with Gasteiger partial charge in [-0.05, 0) is 12.8 Å². The lowest BCUT2D eigenvalue weighted by Gasteiger charge is -1.95. The third kappa shape index (κ3) is 3.90. The summed E-state index contributed by atoms with van der Waals surface area (Å²) in [4.78, 5) is 4.06. The van der Waals surface area contributed by atoms with Crippen LogP contribution in [0.25, 0.3) is 0 Å². The summed E-state index contributed by atoms with van der Waals surface area (Å²) in [7, 11) is 0. The number of alkyl halides is 1. The number of rotatable bonds is 6. The SMILES string of the molecule is BrCCCCCCc1ncco1. The molecule has 1 heterocycles. The largest absolute Gasteiger partial charge is 0.449 e. The van der Waals surface area contributed by atoms with Gasteiger partial charge in [0.25, 0.3) is 0 Å². The Labute approximate surface area is 81.5 Å². The van der Waals surface area contributed by atoms with E-state index in [9.17, 15) is 0 Å². The number of nitrogens with zero attached hydrogens (tertiary/aromatic N) is 1. The Hall–Kier alpha value is -0.310. The van der Waals surface area contributed by atoms with Gasteiger partial charge in [-0.2, -0.15) is 0 Å². The van der Waals surface area contributed by atoms with Crippen molar-refractivity contribution in [2.24, 2.45) is 0 Å². The first-order valence-corrected chi connectivity index (χ1v) is 5.50. The second-order valence-electron chi connectivity index (χ2n) is 2.78. The van der Waals surface area contributed by atoms with Crippen LogP contribution < -0.4 is 0 Å². The molecule has 0 amide bonds. The summed E-state index contributed by atoms with van der Waals surface area (Å²) in [6.45, 7) is 0. The molecule has 0 N–H and O–H groups in total. The quantitative estimate of drug-likeness (QED) is 0.556. The van der Waals surface area contributed by atoms with E-state index >= 15 is 0 Å². The molecule has 12 heavy (non-hydrogen) atoms. The van der Waals surface area contributed by atoms with Crippen molar-refractivity contribution < 1.29 is 4.42 Å². The number of unbranched alkanes of at least 4 members (excludes halogenated alkanes) is 3. The molecule has 0 aliphatic heterocycles. The van der Waals surface area contributed by atoms with E-state index in [1.165, 1.54) is 25.7 Å². The van der Waals surface area contributed by atoms with E-state index in [2.05, 4.69) is 20.9 Å². The predicted octanol–water partition coefficient (Wildman–Crippen LogP) is 3.17. The number of hydrogen-bond acceptors (Lipinski definition) is 2. The summed E-state index contributed by atoms with van der Waals surface area (Å²) in [5.41, 5.74) is 0. The van der Waals surface area contributed by atoms with Crippen LogP contribution in [0, 0.1) is 0 Å². The Morgan fingerprint density at radius 1 is 1.25 bits per heavy atom. The van der Waals surface area contributed by atoms with Crippen molar-refractivity contribution in [2.75, 3.05) is 5.33 Å². The molecule has 3 heteroatoms. The van der Waals surface area contributed by atoms with Crippen LogP contribution in [0.4, 0.5) is 0 Å². The van der Waals surface area contributed by atoms with Crippen LogP contribution in [0.3, 0.4) is 0 Å². The van der Waals surface area contributed by atoms with E-state index in [1.807, 2.05) is 0 Å².